The number of ether oxygens (including phenoxy) is 1. The largest absolute Gasteiger partial charge is 0.497 e. The minimum absolute atomic E-state index is 0.656. The van der Waals surface area contributed by atoms with Gasteiger partial charge in [0.05, 0.1) is 23.4 Å². The number of aromatic nitrogens is 4. The molecule has 1 aromatic carbocycles. The molecule has 0 N–H and O–H groups in total. The molecule has 0 spiro atoms. The second-order valence-corrected chi connectivity index (χ2v) is 7.36. The standard InChI is InChI=1S/C18H16N4O2S2/c1-12-15(20-17(24-12)16-7-4-8-25-16)10-26-18-21-19-11-22(18)13-5-3-6-14(9-13)23-2/h3-9,11H,10H2,1-2H3. The lowest BCUT2D eigenvalue weighted by atomic mass is 10.3. The Labute approximate surface area is 158 Å². The lowest BCUT2D eigenvalue weighted by molar-refractivity contribution is 0.414. The molecule has 0 saturated carbocycles. The van der Waals surface area contributed by atoms with E-state index in [1.54, 1.807) is 36.5 Å². The summed E-state index contributed by atoms with van der Waals surface area (Å²) in [5, 5.41) is 11.1. The smallest absolute Gasteiger partial charge is 0.236 e. The maximum atomic E-state index is 5.80. The quantitative estimate of drug-likeness (QED) is 0.453. The summed E-state index contributed by atoms with van der Waals surface area (Å²) in [7, 11) is 1.65. The van der Waals surface area contributed by atoms with Gasteiger partial charge in [-0.2, -0.15) is 0 Å². The van der Waals surface area contributed by atoms with E-state index in [2.05, 4.69) is 15.2 Å². The summed E-state index contributed by atoms with van der Waals surface area (Å²) >= 11 is 3.19. The third-order valence-electron chi connectivity index (χ3n) is 3.81. The van der Waals surface area contributed by atoms with Crippen molar-refractivity contribution < 1.29 is 9.15 Å². The topological polar surface area (TPSA) is 66.0 Å². The fourth-order valence-corrected chi connectivity index (χ4v) is 4.04. The van der Waals surface area contributed by atoms with E-state index in [9.17, 15) is 0 Å². The zero-order valence-electron chi connectivity index (χ0n) is 14.2. The molecule has 0 aliphatic heterocycles. The van der Waals surface area contributed by atoms with E-state index in [1.807, 2.05) is 53.3 Å². The van der Waals surface area contributed by atoms with E-state index >= 15 is 0 Å². The number of hydrogen-bond acceptors (Lipinski definition) is 7. The Morgan fingerprint density at radius 1 is 1.27 bits per heavy atom. The summed E-state index contributed by atoms with van der Waals surface area (Å²) in [6.45, 7) is 1.94. The highest BCUT2D eigenvalue weighted by Crippen LogP contribution is 2.30. The van der Waals surface area contributed by atoms with Gasteiger partial charge in [-0.05, 0) is 30.5 Å². The zero-order valence-corrected chi connectivity index (χ0v) is 15.9. The Bertz CT molecular complexity index is 1010. The van der Waals surface area contributed by atoms with Crippen LogP contribution in [0, 0.1) is 6.92 Å². The van der Waals surface area contributed by atoms with Crippen molar-refractivity contribution in [2.75, 3.05) is 7.11 Å². The van der Waals surface area contributed by atoms with Gasteiger partial charge in [0, 0.05) is 11.8 Å². The molecule has 4 rings (SSSR count). The Balaban J connectivity index is 1.54. The van der Waals surface area contributed by atoms with Crippen LogP contribution in [0.1, 0.15) is 11.5 Å². The summed E-state index contributed by atoms with van der Waals surface area (Å²) in [5.74, 6) is 2.94. The Morgan fingerprint density at radius 3 is 3.00 bits per heavy atom. The summed E-state index contributed by atoms with van der Waals surface area (Å²) < 4.78 is 13.0. The van der Waals surface area contributed by atoms with Crippen molar-refractivity contribution >= 4 is 23.1 Å². The van der Waals surface area contributed by atoms with E-state index in [4.69, 9.17) is 9.15 Å². The molecular weight excluding hydrogens is 368 g/mol. The van der Waals surface area contributed by atoms with Crippen LogP contribution in [0.15, 0.2) is 57.7 Å². The molecule has 0 bridgehead atoms. The molecule has 3 aromatic heterocycles. The van der Waals surface area contributed by atoms with E-state index in [-0.39, 0.29) is 0 Å². The summed E-state index contributed by atoms with van der Waals surface area (Å²) in [6.07, 6.45) is 1.70. The minimum atomic E-state index is 0.656. The Kier molecular flexibility index (Phi) is 4.77. The summed E-state index contributed by atoms with van der Waals surface area (Å²) in [5.41, 5.74) is 1.87. The van der Waals surface area contributed by atoms with Crippen LogP contribution in [-0.2, 0) is 5.75 Å². The van der Waals surface area contributed by atoms with Gasteiger partial charge in [-0.1, -0.05) is 23.9 Å². The van der Waals surface area contributed by atoms with Crippen LogP contribution in [0.25, 0.3) is 16.5 Å². The van der Waals surface area contributed by atoms with E-state index in [0.717, 1.165) is 32.9 Å². The predicted molar refractivity (Wildman–Crippen MR) is 102 cm³/mol. The molecular formula is C18H16N4O2S2. The van der Waals surface area contributed by atoms with Gasteiger partial charge in [0.25, 0.3) is 0 Å². The first-order chi connectivity index (χ1) is 12.7. The predicted octanol–water partition coefficient (Wildman–Crippen LogP) is 4.59. The number of benzene rings is 1. The van der Waals surface area contributed by atoms with Crippen molar-refractivity contribution in [3.05, 3.63) is 59.6 Å². The first-order valence-corrected chi connectivity index (χ1v) is 9.78. The third-order valence-corrected chi connectivity index (χ3v) is 5.62. The lowest BCUT2D eigenvalue weighted by Crippen LogP contribution is -1.96. The number of rotatable bonds is 6. The highest BCUT2D eigenvalue weighted by Gasteiger charge is 2.15. The van der Waals surface area contributed by atoms with E-state index in [1.165, 1.54) is 0 Å². The van der Waals surface area contributed by atoms with Gasteiger partial charge < -0.3 is 9.15 Å². The maximum absolute atomic E-state index is 5.80. The number of thiophene rings is 1. The molecule has 8 heteroatoms. The zero-order chi connectivity index (χ0) is 17.9. The molecule has 0 amide bonds. The minimum Gasteiger partial charge on any atom is -0.497 e. The van der Waals surface area contributed by atoms with Crippen LogP contribution >= 0.6 is 23.1 Å². The molecule has 0 radical (unpaired) electrons. The van der Waals surface area contributed by atoms with Crippen molar-refractivity contribution in [1.29, 1.82) is 0 Å². The molecule has 0 atom stereocenters. The highest BCUT2D eigenvalue weighted by atomic mass is 32.2. The van der Waals surface area contributed by atoms with Gasteiger partial charge in [-0.3, -0.25) is 4.57 Å². The lowest BCUT2D eigenvalue weighted by Gasteiger charge is -2.07. The number of thioether (sulfide) groups is 1. The number of nitrogens with zero attached hydrogens (tertiary/aromatic N) is 4. The molecule has 0 aliphatic rings. The number of aryl methyl sites for hydroxylation is 1. The Morgan fingerprint density at radius 2 is 2.19 bits per heavy atom. The molecule has 4 aromatic rings. The molecule has 0 saturated heterocycles. The number of hydrogen-bond donors (Lipinski definition) is 0. The molecule has 132 valence electrons. The van der Waals surface area contributed by atoms with E-state index in [0.29, 0.717) is 11.6 Å². The fourth-order valence-electron chi connectivity index (χ4n) is 2.46. The molecule has 6 nitrogen and oxygen atoms in total. The van der Waals surface area contributed by atoms with Crippen molar-refractivity contribution in [2.24, 2.45) is 0 Å². The first-order valence-electron chi connectivity index (χ1n) is 7.92. The van der Waals surface area contributed by atoms with Crippen molar-refractivity contribution in [1.82, 2.24) is 19.7 Å². The SMILES string of the molecule is COc1cccc(-n2cnnc2SCc2nc(-c3cccs3)oc2C)c1. The van der Waals surface area contributed by atoms with Crippen LogP contribution in [0.3, 0.4) is 0 Å². The van der Waals surface area contributed by atoms with Crippen molar-refractivity contribution in [3.8, 4) is 22.2 Å². The number of oxazole rings is 1. The van der Waals surface area contributed by atoms with Crippen LogP contribution < -0.4 is 4.74 Å². The van der Waals surface area contributed by atoms with Gasteiger partial charge in [0.1, 0.15) is 17.8 Å². The first kappa shape index (κ1) is 16.9. The highest BCUT2D eigenvalue weighted by molar-refractivity contribution is 7.98. The maximum Gasteiger partial charge on any atom is 0.236 e. The van der Waals surface area contributed by atoms with Crippen LogP contribution in [0.2, 0.25) is 0 Å². The summed E-state index contributed by atoms with van der Waals surface area (Å²) in [6, 6.07) is 11.8. The second-order valence-electron chi connectivity index (χ2n) is 5.47. The fraction of sp³-hybridized carbons (Fsp3) is 0.167. The van der Waals surface area contributed by atoms with Gasteiger partial charge in [-0.25, -0.2) is 4.98 Å². The third kappa shape index (κ3) is 3.38. The van der Waals surface area contributed by atoms with Gasteiger partial charge in [0.15, 0.2) is 5.16 Å². The van der Waals surface area contributed by atoms with Gasteiger partial charge in [-0.15, -0.1) is 21.5 Å². The molecule has 0 aliphatic carbocycles. The molecule has 26 heavy (non-hydrogen) atoms. The molecule has 0 unspecified atom stereocenters. The Hall–Kier alpha value is -2.58. The van der Waals surface area contributed by atoms with Gasteiger partial charge >= 0.3 is 0 Å². The summed E-state index contributed by atoms with van der Waals surface area (Å²) in [4.78, 5) is 5.66. The van der Waals surface area contributed by atoms with Crippen LogP contribution in [-0.4, -0.2) is 26.9 Å². The molecule has 0 fully saturated rings. The van der Waals surface area contributed by atoms with Gasteiger partial charge in [0.2, 0.25) is 5.89 Å². The second kappa shape index (κ2) is 7.35. The normalized spacial score (nSPS) is 11.0. The molecule has 3 heterocycles. The van der Waals surface area contributed by atoms with E-state index < -0.39 is 0 Å². The van der Waals surface area contributed by atoms with Crippen LogP contribution in [0.4, 0.5) is 0 Å². The van der Waals surface area contributed by atoms with Crippen LogP contribution in [0.5, 0.6) is 5.75 Å². The average Bonchev–Trinajstić information content (AvgIpc) is 3.41. The number of methoxy groups -OCH3 is 1. The average molecular weight is 384 g/mol. The monoisotopic (exact) mass is 384 g/mol. The van der Waals surface area contributed by atoms with Crippen molar-refractivity contribution in [3.63, 3.8) is 0 Å². The van der Waals surface area contributed by atoms with Crippen molar-refractivity contribution in [2.45, 2.75) is 17.8 Å².